The SMILES string of the molecule is c1ccc(COc2c(-c3ccccc3)nn(Cc3ccccc3)c2-c2ccccc2)cc1. The third-order valence-electron chi connectivity index (χ3n) is 5.40. The van der Waals surface area contributed by atoms with Gasteiger partial charge in [0.25, 0.3) is 0 Å². The molecule has 0 saturated heterocycles. The van der Waals surface area contributed by atoms with Crippen molar-refractivity contribution < 1.29 is 4.74 Å². The Morgan fingerprint density at radius 2 is 1.06 bits per heavy atom. The highest BCUT2D eigenvalue weighted by Crippen LogP contribution is 2.39. The molecule has 1 heterocycles. The van der Waals surface area contributed by atoms with Crippen LogP contribution >= 0.6 is 0 Å². The minimum Gasteiger partial charge on any atom is -0.484 e. The fourth-order valence-corrected chi connectivity index (χ4v) is 3.84. The highest BCUT2D eigenvalue weighted by molar-refractivity contribution is 5.78. The molecule has 4 aromatic carbocycles. The van der Waals surface area contributed by atoms with Crippen molar-refractivity contribution in [1.29, 1.82) is 0 Å². The molecule has 32 heavy (non-hydrogen) atoms. The van der Waals surface area contributed by atoms with Crippen LogP contribution in [0.2, 0.25) is 0 Å². The summed E-state index contributed by atoms with van der Waals surface area (Å²) in [6.07, 6.45) is 0. The van der Waals surface area contributed by atoms with Gasteiger partial charge in [0.1, 0.15) is 18.0 Å². The molecule has 0 aliphatic rings. The highest BCUT2D eigenvalue weighted by Gasteiger charge is 2.22. The average Bonchev–Trinajstić information content (AvgIpc) is 3.23. The highest BCUT2D eigenvalue weighted by atomic mass is 16.5. The third kappa shape index (κ3) is 4.33. The topological polar surface area (TPSA) is 27.1 Å². The third-order valence-corrected chi connectivity index (χ3v) is 5.40. The lowest BCUT2D eigenvalue weighted by atomic mass is 10.1. The first-order chi connectivity index (χ1) is 15.9. The van der Waals surface area contributed by atoms with Gasteiger partial charge in [-0.3, -0.25) is 4.68 Å². The minimum atomic E-state index is 0.484. The van der Waals surface area contributed by atoms with E-state index in [1.165, 1.54) is 5.56 Å². The Morgan fingerprint density at radius 1 is 0.562 bits per heavy atom. The molecule has 5 aromatic rings. The van der Waals surface area contributed by atoms with E-state index in [1.807, 2.05) is 48.5 Å². The molecule has 3 nitrogen and oxygen atoms in total. The van der Waals surface area contributed by atoms with Gasteiger partial charge in [0, 0.05) is 11.1 Å². The smallest absolute Gasteiger partial charge is 0.173 e. The summed E-state index contributed by atoms with van der Waals surface area (Å²) < 4.78 is 8.56. The van der Waals surface area contributed by atoms with Crippen LogP contribution in [0.25, 0.3) is 22.5 Å². The maximum atomic E-state index is 6.50. The predicted molar refractivity (Wildman–Crippen MR) is 129 cm³/mol. The molecular formula is C29H24N2O. The molecule has 0 unspecified atom stereocenters. The quantitative estimate of drug-likeness (QED) is 0.290. The Kier molecular flexibility index (Phi) is 5.80. The zero-order valence-electron chi connectivity index (χ0n) is 17.8. The second-order valence-electron chi connectivity index (χ2n) is 7.68. The van der Waals surface area contributed by atoms with Gasteiger partial charge in [-0.1, -0.05) is 121 Å². The molecular weight excluding hydrogens is 392 g/mol. The van der Waals surface area contributed by atoms with E-state index in [1.54, 1.807) is 0 Å². The van der Waals surface area contributed by atoms with Crippen molar-refractivity contribution in [1.82, 2.24) is 9.78 Å². The summed E-state index contributed by atoms with van der Waals surface area (Å²) in [5.74, 6) is 0.808. The number of benzene rings is 4. The lowest BCUT2D eigenvalue weighted by Gasteiger charge is -2.12. The monoisotopic (exact) mass is 416 g/mol. The summed E-state index contributed by atoms with van der Waals surface area (Å²) in [6, 6.07) is 41.3. The predicted octanol–water partition coefficient (Wildman–Crippen LogP) is 6.84. The molecule has 0 saturated carbocycles. The molecule has 5 rings (SSSR count). The van der Waals surface area contributed by atoms with Gasteiger partial charge < -0.3 is 4.74 Å². The number of nitrogens with zero attached hydrogens (tertiary/aromatic N) is 2. The van der Waals surface area contributed by atoms with E-state index >= 15 is 0 Å². The van der Waals surface area contributed by atoms with Crippen LogP contribution in [0.1, 0.15) is 11.1 Å². The van der Waals surface area contributed by atoms with Crippen LogP contribution in [0, 0.1) is 0 Å². The Labute approximate surface area is 188 Å². The fourth-order valence-electron chi connectivity index (χ4n) is 3.84. The van der Waals surface area contributed by atoms with Crippen molar-refractivity contribution in [2.45, 2.75) is 13.2 Å². The zero-order valence-corrected chi connectivity index (χ0v) is 17.8. The van der Waals surface area contributed by atoms with Crippen molar-refractivity contribution in [3.63, 3.8) is 0 Å². The molecule has 0 fully saturated rings. The average molecular weight is 417 g/mol. The molecule has 1 aromatic heterocycles. The van der Waals surface area contributed by atoms with Crippen LogP contribution < -0.4 is 4.74 Å². The van der Waals surface area contributed by atoms with Gasteiger partial charge in [-0.25, -0.2) is 0 Å². The zero-order chi connectivity index (χ0) is 21.6. The Bertz CT molecular complexity index is 1260. The molecule has 0 aliphatic heterocycles. The molecule has 0 radical (unpaired) electrons. The number of rotatable bonds is 7. The van der Waals surface area contributed by atoms with Gasteiger partial charge in [0.05, 0.1) is 6.54 Å². The van der Waals surface area contributed by atoms with Gasteiger partial charge >= 0.3 is 0 Å². The molecule has 0 N–H and O–H groups in total. The molecule has 0 atom stereocenters. The van der Waals surface area contributed by atoms with Crippen LogP contribution in [0.3, 0.4) is 0 Å². The van der Waals surface area contributed by atoms with E-state index in [0.717, 1.165) is 33.8 Å². The van der Waals surface area contributed by atoms with Crippen molar-refractivity contribution in [3.05, 3.63) is 132 Å². The van der Waals surface area contributed by atoms with Crippen LogP contribution in [-0.2, 0) is 13.2 Å². The van der Waals surface area contributed by atoms with Crippen LogP contribution in [-0.4, -0.2) is 9.78 Å². The van der Waals surface area contributed by atoms with Crippen molar-refractivity contribution in [3.8, 4) is 28.3 Å². The maximum Gasteiger partial charge on any atom is 0.173 e. The molecule has 0 amide bonds. The summed E-state index contributed by atoms with van der Waals surface area (Å²) >= 11 is 0. The van der Waals surface area contributed by atoms with E-state index < -0.39 is 0 Å². The second-order valence-corrected chi connectivity index (χ2v) is 7.68. The van der Waals surface area contributed by atoms with E-state index in [2.05, 4.69) is 77.5 Å². The van der Waals surface area contributed by atoms with Gasteiger partial charge in [-0.2, -0.15) is 5.10 Å². The summed E-state index contributed by atoms with van der Waals surface area (Å²) in [5, 5.41) is 5.06. The van der Waals surface area contributed by atoms with Crippen LogP contribution in [0.5, 0.6) is 5.75 Å². The van der Waals surface area contributed by atoms with Crippen LogP contribution in [0.15, 0.2) is 121 Å². The number of aromatic nitrogens is 2. The second kappa shape index (κ2) is 9.36. The first-order valence-electron chi connectivity index (χ1n) is 10.8. The number of hydrogen-bond acceptors (Lipinski definition) is 2. The molecule has 3 heteroatoms. The van der Waals surface area contributed by atoms with E-state index in [0.29, 0.717) is 13.2 Å². The molecule has 0 aliphatic carbocycles. The number of ether oxygens (including phenoxy) is 1. The summed E-state index contributed by atoms with van der Waals surface area (Å²) in [7, 11) is 0. The lowest BCUT2D eigenvalue weighted by molar-refractivity contribution is 0.308. The lowest BCUT2D eigenvalue weighted by Crippen LogP contribution is -2.04. The first kappa shape index (κ1) is 19.8. The summed E-state index contributed by atoms with van der Waals surface area (Å²) in [5.41, 5.74) is 6.30. The molecule has 0 spiro atoms. The molecule has 156 valence electrons. The number of hydrogen-bond donors (Lipinski definition) is 0. The van der Waals surface area contributed by atoms with E-state index in [-0.39, 0.29) is 0 Å². The molecule has 0 bridgehead atoms. The van der Waals surface area contributed by atoms with E-state index in [9.17, 15) is 0 Å². The largest absolute Gasteiger partial charge is 0.484 e. The van der Waals surface area contributed by atoms with Gasteiger partial charge in [-0.05, 0) is 11.1 Å². The maximum absolute atomic E-state index is 6.50. The van der Waals surface area contributed by atoms with Crippen molar-refractivity contribution in [2.24, 2.45) is 0 Å². The fraction of sp³-hybridized carbons (Fsp3) is 0.0690. The normalized spacial score (nSPS) is 10.8. The standard InChI is InChI=1S/C29H24N2O/c1-5-13-23(14-6-1)21-31-28(26-19-11-4-12-20-26)29(32-22-24-15-7-2-8-16-24)27(30-31)25-17-9-3-10-18-25/h1-20H,21-22H2. The van der Waals surface area contributed by atoms with Crippen molar-refractivity contribution >= 4 is 0 Å². The Morgan fingerprint density at radius 3 is 1.66 bits per heavy atom. The van der Waals surface area contributed by atoms with Gasteiger partial charge in [0.2, 0.25) is 0 Å². The Balaban J connectivity index is 1.65. The van der Waals surface area contributed by atoms with Crippen molar-refractivity contribution in [2.75, 3.05) is 0 Å². The minimum absolute atomic E-state index is 0.484. The first-order valence-corrected chi connectivity index (χ1v) is 10.8. The Hall–Kier alpha value is -4.11. The van der Waals surface area contributed by atoms with Crippen LogP contribution in [0.4, 0.5) is 0 Å². The van der Waals surface area contributed by atoms with Gasteiger partial charge in [-0.15, -0.1) is 0 Å². The van der Waals surface area contributed by atoms with Gasteiger partial charge in [0.15, 0.2) is 5.75 Å². The van der Waals surface area contributed by atoms with E-state index in [4.69, 9.17) is 9.84 Å². The summed E-state index contributed by atoms with van der Waals surface area (Å²) in [4.78, 5) is 0. The summed E-state index contributed by atoms with van der Waals surface area (Å²) in [6.45, 7) is 1.15.